The molecule has 0 unspecified atom stereocenters. The van der Waals surface area contributed by atoms with Crippen LogP contribution in [0.5, 0.6) is 5.75 Å². The number of aromatic nitrogens is 2. The van der Waals surface area contributed by atoms with Crippen LogP contribution in [0.15, 0.2) is 22.7 Å². The van der Waals surface area contributed by atoms with Gasteiger partial charge in [0.1, 0.15) is 5.75 Å². The number of hydrogen-bond donors (Lipinski definition) is 1. The van der Waals surface area contributed by atoms with Gasteiger partial charge in [0, 0.05) is 18.2 Å². The Bertz CT molecular complexity index is 659. The Hall–Kier alpha value is -1.34. The predicted octanol–water partition coefficient (Wildman–Crippen LogP) is 3.38. The van der Waals surface area contributed by atoms with Crippen LogP contribution in [-0.2, 0) is 11.3 Å². The lowest BCUT2D eigenvalue weighted by molar-refractivity contribution is 0.0546. The minimum Gasteiger partial charge on any atom is -0.484 e. The van der Waals surface area contributed by atoms with E-state index in [1.165, 1.54) is 0 Å². The van der Waals surface area contributed by atoms with Crippen molar-refractivity contribution in [1.82, 2.24) is 10.1 Å². The first-order valence-corrected chi connectivity index (χ1v) is 8.12. The van der Waals surface area contributed by atoms with Gasteiger partial charge < -0.3 is 19.7 Å². The molecule has 1 aliphatic rings. The smallest absolute Gasteiger partial charge is 0.243 e. The zero-order valence-corrected chi connectivity index (χ0v) is 13.9. The van der Waals surface area contributed by atoms with Crippen LogP contribution in [0.1, 0.15) is 30.6 Å². The summed E-state index contributed by atoms with van der Waals surface area (Å²) in [4.78, 5) is 4.31. The van der Waals surface area contributed by atoms with Crippen LogP contribution in [0.2, 0.25) is 10.0 Å². The quantitative estimate of drug-likeness (QED) is 0.882. The zero-order chi connectivity index (χ0) is 16.2. The van der Waals surface area contributed by atoms with E-state index in [2.05, 4.69) is 10.1 Å². The summed E-state index contributed by atoms with van der Waals surface area (Å²) in [5, 5.41) is 4.88. The van der Waals surface area contributed by atoms with E-state index in [-0.39, 0.29) is 12.6 Å². The molecule has 1 aromatic carbocycles. The lowest BCUT2D eigenvalue weighted by atomic mass is 9.92. The molecular formula is C15H17Cl2N3O3. The second-order valence-electron chi connectivity index (χ2n) is 5.39. The van der Waals surface area contributed by atoms with E-state index < -0.39 is 0 Å². The first-order valence-electron chi connectivity index (χ1n) is 7.37. The minimum absolute atomic E-state index is 0.144. The highest BCUT2D eigenvalue weighted by Crippen LogP contribution is 2.29. The van der Waals surface area contributed by atoms with Gasteiger partial charge in [-0.25, -0.2) is 0 Å². The highest BCUT2D eigenvalue weighted by molar-refractivity contribution is 6.35. The van der Waals surface area contributed by atoms with Gasteiger partial charge in [-0.15, -0.1) is 0 Å². The lowest BCUT2D eigenvalue weighted by Crippen LogP contribution is -2.27. The molecule has 0 saturated carbocycles. The molecule has 0 amide bonds. The highest BCUT2D eigenvalue weighted by atomic mass is 35.5. The van der Waals surface area contributed by atoms with Crippen LogP contribution < -0.4 is 10.5 Å². The Balaban J connectivity index is 1.60. The van der Waals surface area contributed by atoms with Crippen molar-refractivity contribution < 1.29 is 14.0 Å². The Kier molecular flexibility index (Phi) is 5.38. The van der Waals surface area contributed by atoms with Gasteiger partial charge in [0.25, 0.3) is 0 Å². The third-order valence-corrected chi connectivity index (χ3v) is 4.32. The molecule has 2 N–H and O–H groups in total. The molecule has 23 heavy (non-hydrogen) atoms. The molecule has 0 aliphatic carbocycles. The Morgan fingerprint density at radius 3 is 2.83 bits per heavy atom. The first-order chi connectivity index (χ1) is 11.1. The van der Waals surface area contributed by atoms with Gasteiger partial charge in [0.05, 0.1) is 11.1 Å². The molecule has 2 heterocycles. The van der Waals surface area contributed by atoms with Crippen LogP contribution in [-0.4, -0.2) is 23.4 Å². The maximum absolute atomic E-state index is 6.20. The van der Waals surface area contributed by atoms with Gasteiger partial charge >= 0.3 is 0 Å². The van der Waals surface area contributed by atoms with Crippen LogP contribution >= 0.6 is 23.2 Å². The highest BCUT2D eigenvalue weighted by Gasteiger charge is 2.26. The van der Waals surface area contributed by atoms with Crippen molar-refractivity contribution in [3.63, 3.8) is 0 Å². The van der Waals surface area contributed by atoms with Crippen molar-refractivity contribution in [2.45, 2.75) is 25.5 Å². The van der Waals surface area contributed by atoms with Crippen molar-refractivity contribution in [2.75, 3.05) is 13.2 Å². The Morgan fingerprint density at radius 1 is 1.30 bits per heavy atom. The molecule has 8 heteroatoms. The number of rotatable bonds is 5. The fraction of sp³-hybridized carbons (Fsp3) is 0.467. The largest absolute Gasteiger partial charge is 0.484 e. The molecular weight excluding hydrogens is 341 g/mol. The SMILES string of the molecule is N[C@H](c1nc(COc2ccc(Cl)cc2Cl)no1)C1CCOCC1. The normalized spacial score (nSPS) is 17.2. The number of ether oxygens (including phenoxy) is 2. The van der Waals surface area contributed by atoms with Crippen molar-refractivity contribution in [1.29, 1.82) is 0 Å². The van der Waals surface area contributed by atoms with E-state index in [4.69, 9.17) is 42.9 Å². The number of nitrogens with zero attached hydrogens (tertiary/aromatic N) is 2. The topological polar surface area (TPSA) is 83.4 Å². The van der Waals surface area contributed by atoms with E-state index in [1.807, 2.05) is 0 Å². The minimum atomic E-state index is -0.278. The fourth-order valence-corrected chi connectivity index (χ4v) is 2.94. The maximum Gasteiger partial charge on any atom is 0.243 e. The third-order valence-electron chi connectivity index (χ3n) is 3.79. The van der Waals surface area contributed by atoms with Crippen molar-refractivity contribution in [3.05, 3.63) is 40.0 Å². The summed E-state index contributed by atoms with van der Waals surface area (Å²) in [6.45, 7) is 1.58. The molecule has 0 bridgehead atoms. The molecule has 3 rings (SSSR count). The summed E-state index contributed by atoms with van der Waals surface area (Å²) in [7, 11) is 0. The number of benzene rings is 1. The molecule has 1 fully saturated rings. The maximum atomic E-state index is 6.20. The van der Waals surface area contributed by atoms with Crippen molar-refractivity contribution in [2.24, 2.45) is 11.7 Å². The fourth-order valence-electron chi connectivity index (χ4n) is 2.47. The number of halogens is 2. The molecule has 124 valence electrons. The van der Waals surface area contributed by atoms with E-state index in [9.17, 15) is 0 Å². The van der Waals surface area contributed by atoms with Gasteiger partial charge in [0.2, 0.25) is 11.7 Å². The van der Waals surface area contributed by atoms with Crippen LogP contribution in [0, 0.1) is 5.92 Å². The lowest BCUT2D eigenvalue weighted by Gasteiger charge is -2.25. The van der Waals surface area contributed by atoms with E-state index >= 15 is 0 Å². The Labute approximate surface area is 143 Å². The van der Waals surface area contributed by atoms with E-state index in [1.54, 1.807) is 18.2 Å². The van der Waals surface area contributed by atoms with Gasteiger partial charge in [-0.1, -0.05) is 28.4 Å². The molecule has 1 saturated heterocycles. The van der Waals surface area contributed by atoms with Crippen LogP contribution in [0.4, 0.5) is 0 Å². The number of hydrogen-bond acceptors (Lipinski definition) is 6. The number of nitrogens with two attached hydrogens (primary N) is 1. The predicted molar refractivity (Wildman–Crippen MR) is 85.6 cm³/mol. The molecule has 2 aromatic rings. The standard InChI is InChI=1S/C15H17Cl2N3O3/c16-10-1-2-12(11(17)7-10)22-8-13-19-15(23-20-13)14(18)9-3-5-21-6-4-9/h1-2,7,9,14H,3-6,8,18H2/t14-/m0/s1. The van der Waals surface area contributed by atoms with Crippen molar-refractivity contribution >= 4 is 23.2 Å². The second kappa shape index (κ2) is 7.49. The molecule has 1 aliphatic heterocycles. The molecule has 0 radical (unpaired) electrons. The van der Waals surface area contributed by atoms with Gasteiger partial charge in [-0.2, -0.15) is 4.98 Å². The van der Waals surface area contributed by atoms with Gasteiger partial charge in [0.15, 0.2) is 6.61 Å². The summed E-state index contributed by atoms with van der Waals surface area (Å²) in [6.07, 6.45) is 1.80. The van der Waals surface area contributed by atoms with E-state index in [0.29, 0.717) is 33.4 Å². The van der Waals surface area contributed by atoms with Gasteiger partial charge in [-0.05, 0) is 37.0 Å². The van der Waals surface area contributed by atoms with Crippen LogP contribution in [0.25, 0.3) is 0 Å². The van der Waals surface area contributed by atoms with Crippen LogP contribution in [0.3, 0.4) is 0 Å². The summed E-state index contributed by atoms with van der Waals surface area (Å²) in [6, 6.07) is 4.73. The van der Waals surface area contributed by atoms with Gasteiger partial charge in [-0.3, -0.25) is 0 Å². The summed E-state index contributed by atoms with van der Waals surface area (Å²) in [5.74, 6) is 1.66. The summed E-state index contributed by atoms with van der Waals surface area (Å²) in [5.41, 5.74) is 6.20. The second-order valence-corrected chi connectivity index (χ2v) is 6.23. The monoisotopic (exact) mass is 357 g/mol. The molecule has 1 atom stereocenters. The Morgan fingerprint density at radius 2 is 2.09 bits per heavy atom. The molecule has 6 nitrogen and oxygen atoms in total. The van der Waals surface area contributed by atoms with E-state index in [0.717, 1.165) is 26.1 Å². The first kappa shape index (κ1) is 16.5. The molecule has 1 aromatic heterocycles. The average molecular weight is 358 g/mol. The average Bonchev–Trinajstić information content (AvgIpc) is 3.03. The molecule has 0 spiro atoms. The third kappa shape index (κ3) is 4.14. The summed E-state index contributed by atoms with van der Waals surface area (Å²) < 4.78 is 16.2. The summed E-state index contributed by atoms with van der Waals surface area (Å²) >= 11 is 11.9. The van der Waals surface area contributed by atoms with Crippen molar-refractivity contribution in [3.8, 4) is 5.75 Å². The zero-order valence-electron chi connectivity index (χ0n) is 12.4.